The fraction of sp³-hybridized carbons (Fsp3) is 0.667. The van der Waals surface area contributed by atoms with Gasteiger partial charge < -0.3 is 15.4 Å². The van der Waals surface area contributed by atoms with Crippen molar-refractivity contribution in [3.05, 3.63) is 5.56 Å². The van der Waals surface area contributed by atoms with Crippen molar-refractivity contribution < 1.29 is 4.74 Å². The number of nitrogen functional groups attached to an aromatic ring is 1. The molecular weight excluding hydrogens is 248 g/mol. The normalized spacial score (nSPS) is 16.3. The summed E-state index contributed by atoms with van der Waals surface area (Å²) in [5, 5.41) is 10.1. The van der Waals surface area contributed by atoms with Gasteiger partial charge in [-0.15, -0.1) is 0 Å². The number of nitrogens with two attached hydrogens (primary N) is 1. The lowest BCUT2D eigenvalue weighted by molar-refractivity contribution is 0.203. The van der Waals surface area contributed by atoms with Gasteiger partial charge in [-0.2, -0.15) is 9.64 Å². The van der Waals surface area contributed by atoms with Crippen molar-refractivity contribution in [1.82, 2.24) is 4.37 Å². The summed E-state index contributed by atoms with van der Waals surface area (Å²) in [6.45, 7) is 3.61. The average Bonchev–Trinajstić information content (AvgIpc) is 3.14. The van der Waals surface area contributed by atoms with Gasteiger partial charge in [-0.3, -0.25) is 0 Å². The standard InChI is InChI=1S/C12H18N4OS/c1-8(9-3-4-9)16(5-6-17-2)12-10(7-13)11(14)15-18-12/h8-9H,3-6H2,1-2H3,(H2,14,15). The summed E-state index contributed by atoms with van der Waals surface area (Å²) in [6, 6.07) is 2.56. The summed E-state index contributed by atoms with van der Waals surface area (Å²) < 4.78 is 9.25. The Morgan fingerprint density at radius 3 is 2.94 bits per heavy atom. The minimum Gasteiger partial charge on any atom is -0.383 e. The van der Waals surface area contributed by atoms with Crippen molar-refractivity contribution in [1.29, 1.82) is 5.26 Å². The number of anilines is 2. The number of methoxy groups -OCH3 is 1. The molecule has 18 heavy (non-hydrogen) atoms. The van der Waals surface area contributed by atoms with Crippen LogP contribution >= 0.6 is 11.5 Å². The summed E-state index contributed by atoms with van der Waals surface area (Å²) in [6.07, 6.45) is 2.53. The van der Waals surface area contributed by atoms with Crippen LogP contribution in [-0.4, -0.2) is 30.7 Å². The van der Waals surface area contributed by atoms with Crippen molar-refractivity contribution in [2.75, 3.05) is 30.9 Å². The fourth-order valence-electron chi connectivity index (χ4n) is 2.11. The molecule has 0 aromatic carbocycles. The lowest BCUT2D eigenvalue weighted by Crippen LogP contribution is -2.37. The second-order valence-corrected chi connectivity index (χ2v) is 5.38. The molecule has 2 N–H and O–H groups in total. The number of nitrogens with zero attached hydrogens (tertiary/aromatic N) is 3. The van der Waals surface area contributed by atoms with E-state index in [2.05, 4.69) is 22.3 Å². The molecule has 0 aliphatic heterocycles. The van der Waals surface area contributed by atoms with E-state index in [0.717, 1.165) is 17.5 Å². The third-order valence-electron chi connectivity index (χ3n) is 3.41. The Labute approximate surface area is 111 Å². The third-order valence-corrected chi connectivity index (χ3v) is 4.30. The van der Waals surface area contributed by atoms with Gasteiger partial charge in [0.2, 0.25) is 0 Å². The molecule has 5 nitrogen and oxygen atoms in total. The molecule has 1 aromatic rings. The first kappa shape index (κ1) is 13.1. The van der Waals surface area contributed by atoms with Crippen LogP contribution in [0.4, 0.5) is 10.8 Å². The minimum atomic E-state index is 0.336. The first-order valence-corrected chi connectivity index (χ1v) is 6.87. The number of rotatable bonds is 6. The van der Waals surface area contributed by atoms with Crippen LogP contribution < -0.4 is 10.6 Å². The monoisotopic (exact) mass is 266 g/mol. The van der Waals surface area contributed by atoms with E-state index >= 15 is 0 Å². The summed E-state index contributed by atoms with van der Waals surface area (Å²) in [4.78, 5) is 2.22. The Morgan fingerprint density at radius 1 is 1.67 bits per heavy atom. The van der Waals surface area contributed by atoms with Gasteiger partial charge in [-0.05, 0) is 37.2 Å². The second-order valence-electron chi connectivity index (χ2n) is 4.62. The van der Waals surface area contributed by atoms with E-state index in [0.29, 0.717) is 24.0 Å². The van der Waals surface area contributed by atoms with Gasteiger partial charge in [0.25, 0.3) is 0 Å². The lowest BCUT2D eigenvalue weighted by Gasteiger charge is -2.29. The molecular formula is C12H18N4OS. The lowest BCUT2D eigenvalue weighted by atomic mass is 10.1. The molecule has 1 fully saturated rings. The number of ether oxygens (including phenoxy) is 1. The molecule has 0 saturated heterocycles. The Bertz CT molecular complexity index is 449. The van der Waals surface area contributed by atoms with Gasteiger partial charge in [-0.25, -0.2) is 0 Å². The Kier molecular flexibility index (Phi) is 4.04. The average molecular weight is 266 g/mol. The molecule has 1 aromatic heterocycles. The van der Waals surface area contributed by atoms with Gasteiger partial charge in [0.1, 0.15) is 16.6 Å². The molecule has 1 aliphatic rings. The molecule has 1 atom stereocenters. The third kappa shape index (κ3) is 2.57. The van der Waals surface area contributed by atoms with Gasteiger partial charge >= 0.3 is 0 Å². The second kappa shape index (κ2) is 5.55. The first-order valence-electron chi connectivity index (χ1n) is 6.09. The Morgan fingerprint density at radius 2 is 2.39 bits per heavy atom. The van der Waals surface area contributed by atoms with E-state index < -0.39 is 0 Å². The highest BCUT2D eigenvalue weighted by Crippen LogP contribution is 2.39. The maximum Gasteiger partial charge on any atom is 0.157 e. The van der Waals surface area contributed by atoms with Crippen molar-refractivity contribution in [3.8, 4) is 6.07 Å². The maximum atomic E-state index is 9.18. The molecule has 1 aliphatic carbocycles. The van der Waals surface area contributed by atoms with Gasteiger partial charge in [0.15, 0.2) is 5.82 Å². The SMILES string of the molecule is COCCN(c1snc(N)c1C#N)C(C)C1CC1. The van der Waals surface area contributed by atoms with Crippen LogP contribution in [0, 0.1) is 17.2 Å². The van der Waals surface area contributed by atoms with E-state index in [-0.39, 0.29) is 0 Å². The summed E-state index contributed by atoms with van der Waals surface area (Å²) in [5.74, 6) is 1.06. The number of nitriles is 1. The quantitative estimate of drug-likeness (QED) is 0.850. The fourth-order valence-corrected chi connectivity index (χ4v) is 2.99. The Hall–Kier alpha value is -1.32. The topological polar surface area (TPSA) is 75.2 Å². The van der Waals surface area contributed by atoms with Gasteiger partial charge in [0, 0.05) is 19.7 Å². The van der Waals surface area contributed by atoms with E-state index in [4.69, 9.17) is 10.5 Å². The summed E-state index contributed by atoms with van der Waals surface area (Å²) >= 11 is 1.31. The van der Waals surface area contributed by atoms with Crippen molar-refractivity contribution in [2.45, 2.75) is 25.8 Å². The maximum absolute atomic E-state index is 9.18. The number of aromatic nitrogens is 1. The molecule has 1 saturated carbocycles. The van der Waals surface area contributed by atoms with Crippen LogP contribution in [-0.2, 0) is 4.74 Å². The zero-order valence-electron chi connectivity index (χ0n) is 10.7. The van der Waals surface area contributed by atoms with Gasteiger partial charge in [0.05, 0.1) is 6.61 Å². The molecule has 1 heterocycles. The molecule has 0 amide bonds. The number of hydrogen-bond acceptors (Lipinski definition) is 6. The molecule has 1 unspecified atom stereocenters. The van der Waals surface area contributed by atoms with Crippen molar-refractivity contribution >= 4 is 22.4 Å². The highest BCUT2D eigenvalue weighted by atomic mass is 32.1. The first-order chi connectivity index (χ1) is 8.69. The zero-order valence-corrected chi connectivity index (χ0v) is 11.5. The van der Waals surface area contributed by atoms with Crippen molar-refractivity contribution in [2.24, 2.45) is 5.92 Å². The van der Waals surface area contributed by atoms with Crippen LogP contribution in [0.2, 0.25) is 0 Å². The number of hydrogen-bond donors (Lipinski definition) is 1. The zero-order chi connectivity index (χ0) is 13.1. The van der Waals surface area contributed by atoms with E-state index in [1.165, 1.54) is 24.4 Å². The molecule has 0 spiro atoms. The minimum absolute atomic E-state index is 0.336. The van der Waals surface area contributed by atoms with Crippen LogP contribution in [0.1, 0.15) is 25.3 Å². The summed E-state index contributed by atoms with van der Waals surface area (Å²) in [7, 11) is 1.69. The Balaban J connectivity index is 2.23. The van der Waals surface area contributed by atoms with Gasteiger partial charge in [-0.1, -0.05) is 0 Å². The largest absolute Gasteiger partial charge is 0.383 e. The van der Waals surface area contributed by atoms with Crippen LogP contribution in [0.25, 0.3) is 0 Å². The molecule has 2 rings (SSSR count). The molecule has 0 radical (unpaired) electrons. The highest BCUT2D eigenvalue weighted by Gasteiger charge is 2.34. The highest BCUT2D eigenvalue weighted by molar-refractivity contribution is 7.10. The molecule has 6 heteroatoms. The van der Waals surface area contributed by atoms with E-state index in [9.17, 15) is 5.26 Å². The van der Waals surface area contributed by atoms with E-state index in [1.54, 1.807) is 7.11 Å². The predicted molar refractivity (Wildman–Crippen MR) is 72.6 cm³/mol. The van der Waals surface area contributed by atoms with Crippen LogP contribution in [0.15, 0.2) is 0 Å². The smallest absolute Gasteiger partial charge is 0.157 e. The van der Waals surface area contributed by atoms with Crippen LogP contribution in [0.5, 0.6) is 0 Å². The summed E-state index contributed by atoms with van der Waals surface area (Å²) in [5.41, 5.74) is 6.23. The van der Waals surface area contributed by atoms with Crippen LogP contribution in [0.3, 0.4) is 0 Å². The molecule has 98 valence electrons. The molecule has 0 bridgehead atoms. The predicted octanol–water partition coefficient (Wildman–Crippen LogP) is 1.85. The van der Waals surface area contributed by atoms with Crippen molar-refractivity contribution in [3.63, 3.8) is 0 Å². The van der Waals surface area contributed by atoms with E-state index in [1.807, 2.05) is 0 Å².